The van der Waals surface area contributed by atoms with Crippen LogP contribution in [-0.4, -0.2) is 43.4 Å². The average Bonchev–Trinajstić information content (AvgIpc) is 2.74. The van der Waals surface area contributed by atoms with E-state index in [9.17, 15) is 14.0 Å². The smallest absolute Gasteiger partial charge is 0.338 e. The number of carbonyl (C=O) groups excluding carboxylic acids is 2. The predicted octanol–water partition coefficient (Wildman–Crippen LogP) is 4.14. The van der Waals surface area contributed by atoms with E-state index in [1.54, 1.807) is 31.8 Å². The lowest BCUT2D eigenvalue weighted by atomic mass is 9.94. The van der Waals surface area contributed by atoms with E-state index in [2.05, 4.69) is 5.32 Å². The summed E-state index contributed by atoms with van der Waals surface area (Å²) >= 11 is 1.62. The van der Waals surface area contributed by atoms with Crippen molar-refractivity contribution in [1.29, 1.82) is 0 Å². The standard InChI is InChI=1S/C22H23FN2O4S/c1-4-28-21(26)19-18(13-29-16-8-10-17(30-3)11-9-16)25(2)22(27)24-20(19)14-6-5-7-15(23)12-14/h5-12,20H,4,13H2,1-3H3,(H,24,27). The number of halogens is 1. The molecular weight excluding hydrogens is 407 g/mol. The highest BCUT2D eigenvalue weighted by atomic mass is 32.2. The second-order valence-corrected chi connectivity index (χ2v) is 7.42. The van der Waals surface area contributed by atoms with Crippen LogP contribution in [0.2, 0.25) is 0 Å². The van der Waals surface area contributed by atoms with Crippen molar-refractivity contribution < 1.29 is 23.5 Å². The first kappa shape index (κ1) is 21.7. The lowest BCUT2D eigenvalue weighted by Gasteiger charge is -2.34. The molecular formula is C22H23FN2O4S. The van der Waals surface area contributed by atoms with Crippen LogP contribution in [-0.2, 0) is 9.53 Å². The molecule has 1 unspecified atom stereocenters. The number of benzene rings is 2. The van der Waals surface area contributed by atoms with Crippen molar-refractivity contribution in [2.75, 3.05) is 26.5 Å². The topological polar surface area (TPSA) is 67.9 Å². The van der Waals surface area contributed by atoms with Crippen LogP contribution in [0.4, 0.5) is 9.18 Å². The molecule has 1 N–H and O–H groups in total. The minimum Gasteiger partial charge on any atom is -0.487 e. The number of ether oxygens (including phenoxy) is 2. The third-order valence-corrected chi connectivity index (χ3v) is 5.43. The highest BCUT2D eigenvalue weighted by molar-refractivity contribution is 7.98. The number of esters is 1. The fraction of sp³-hybridized carbons (Fsp3) is 0.273. The fourth-order valence-corrected chi connectivity index (χ4v) is 3.55. The van der Waals surface area contributed by atoms with Crippen LogP contribution in [0.1, 0.15) is 18.5 Å². The second-order valence-electron chi connectivity index (χ2n) is 6.54. The van der Waals surface area contributed by atoms with Gasteiger partial charge in [0.2, 0.25) is 0 Å². The minimum atomic E-state index is -0.846. The molecule has 0 fully saturated rings. The molecule has 2 amide bonds. The first-order valence-electron chi connectivity index (χ1n) is 9.41. The summed E-state index contributed by atoms with van der Waals surface area (Å²) in [6.07, 6.45) is 1.98. The van der Waals surface area contributed by atoms with E-state index in [4.69, 9.17) is 9.47 Å². The lowest BCUT2D eigenvalue weighted by molar-refractivity contribution is -0.139. The molecule has 6 nitrogen and oxygen atoms in total. The Morgan fingerprint density at radius 2 is 1.97 bits per heavy atom. The molecule has 0 saturated heterocycles. The summed E-state index contributed by atoms with van der Waals surface area (Å²) in [6.45, 7) is 1.84. The Hall–Kier alpha value is -3.00. The molecule has 0 aromatic heterocycles. The summed E-state index contributed by atoms with van der Waals surface area (Å²) in [5, 5.41) is 2.75. The summed E-state index contributed by atoms with van der Waals surface area (Å²) in [6, 6.07) is 12.0. The first-order valence-corrected chi connectivity index (χ1v) is 10.6. The van der Waals surface area contributed by atoms with Gasteiger partial charge in [0.1, 0.15) is 18.2 Å². The molecule has 1 heterocycles. The van der Waals surface area contributed by atoms with Crippen LogP contribution in [0.5, 0.6) is 5.75 Å². The maximum atomic E-state index is 13.8. The summed E-state index contributed by atoms with van der Waals surface area (Å²) in [4.78, 5) is 27.8. The van der Waals surface area contributed by atoms with Crippen LogP contribution >= 0.6 is 11.8 Å². The molecule has 0 bridgehead atoms. The molecule has 0 saturated carbocycles. The number of amides is 2. The van der Waals surface area contributed by atoms with Crippen molar-refractivity contribution in [3.05, 3.63) is 71.2 Å². The Labute approximate surface area is 179 Å². The third-order valence-electron chi connectivity index (χ3n) is 4.69. The van der Waals surface area contributed by atoms with E-state index in [1.807, 2.05) is 30.5 Å². The zero-order chi connectivity index (χ0) is 21.7. The van der Waals surface area contributed by atoms with Gasteiger partial charge in [-0.25, -0.2) is 14.0 Å². The Kier molecular flexibility index (Phi) is 6.99. The van der Waals surface area contributed by atoms with Gasteiger partial charge in [0.15, 0.2) is 0 Å². The molecule has 1 atom stereocenters. The quantitative estimate of drug-likeness (QED) is 0.528. The molecule has 0 radical (unpaired) electrons. The molecule has 30 heavy (non-hydrogen) atoms. The largest absolute Gasteiger partial charge is 0.487 e. The van der Waals surface area contributed by atoms with Crippen molar-refractivity contribution in [3.8, 4) is 5.75 Å². The Bertz CT molecular complexity index is 962. The molecule has 2 aromatic rings. The van der Waals surface area contributed by atoms with Crippen LogP contribution in [0.15, 0.2) is 64.7 Å². The number of rotatable bonds is 7. The maximum absolute atomic E-state index is 13.8. The first-order chi connectivity index (χ1) is 14.4. The third kappa shape index (κ3) is 4.76. The minimum absolute atomic E-state index is 0.0253. The average molecular weight is 431 g/mol. The van der Waals surface area contributed by atoms with E-state index in [-0.39, 0.29) is 18.8 Å². The van der Waals surface area contributed by atoms with Gasteiger partial charge in [-0.3, -0.25) is 4.90 Å². The molecule has 158 valence electrons. The van der Waals surface area contributed by atoms with Crippen molar-refractivity contribution in [2.24, 2.45) is 0 Å². The van der Waals surface area contributed by atoms with E-state index < -0.39 is 23.9 Å². The van der Waals surface area contributed by atoms with E-state index >= 15 is 0 Å². The summed E-state index contributed by atoms with van der Waals surface area (Å²) in [7, 11) is 1.55. The summed E-state index contributed by atoms with van der Waals surface area (Å²) in [5.41, 5.74) is 1.02. The number of nitrogens with one attached hydrogen (secondary N) is 1. The van der Waals surface area contributed by atoms with Gasteiger partial charge in [0, 0.05) is 11.9 Å². The zero-order valence-electron chi connectivity index (χ0n) is 17.0. The number of nitrogens with zero attached hydrogens (tertiary/aromatic N) is 1. The molecule has 0 spiro atoms. The van der Waals surface area contributed by atoms with Gasteiger partial charge >= 0.3 is 12.0 Å². The summed E-state index contributed by atoms with van der Waals surface area (Å²) in [5.74, 6) is -0.448. The van der Waals surface area contributed by atoms with Crippen LogP contribution in [0.3, 0.4) is 0 Å². The molecule has 8 heteroatoms. The Balaban J connectivity index is 1.99. The highest BCUT2D eigenvalue weighted by Crippen LogP contribution is 2.32. The van der Waals surface area contributed by atoms with Gasteiger partial charge < -0.3 is 14.8 Å². The van der Waals surface area contributed by atoms with E-state index in [1.165, 1.54) is 23.1 Å². The molecule has 1 aliphatic rings. The van der Waals surface area contributed by atoms with E-state index in [0.717, 1.165) is 4.90 Å². The maximum Gasteiger partial charge on any atom is 0.338 e. The van der Waals surface area contributed by atoms with Crippen molar-refractivity contribution in [3.63, 3.8) is 0 Å². The fourth-order valence-electron chi connectivity index (χ4n) is 3.14. The lowest BCUT2D eigenvalue weighted by Crippen LogP contribution is -2.48. The van der Waals surface area contributed by atoms with Gasteiger partial charge in [-0.15, -0.1) is 11.8 Å². The van der Waals surface area contributed by atoms with Crippen molar-refractivity contribution in [1.82, 2.24) is 10.2 Å². The highest BCUT2D eigenvalue weighted by Gasteiger charge is 2.37. The monoisotopic (exact) mass is 430 g/mol. The number of thioether (sulfide) groups is 1. The Morgan fingerprint density at radius 3 is 2.60 bits per heavy atom. The number of likely N-dealkylation sites (N-methyl/N-ethyl adjacent to an activating group) is 1. The van der Waals surface area contributed by atoms with Gasteiger partial charge in [0.05, 0.1) is 23.9 Å². The van der Waals surface area contributed by atoms with Crippen LogP contribution in [0.25, 0.3) is 0 Å². The van der Waals surface area contributed by atoms with Gasteiger partial charge in [-0.05, 0) is 55.1 Å². The number of carbonyl (C=O) groups is 2. The van der Waals surface area contributed by atoms with Crippen LogP contribution in [0, 0.1) is 5.82 Å². The second kappa shape index (κ2) is 9.67. The molecule has 1 aliphatic heterocycles. The van der Waals surface area contributed by atoms with Crippen molar-refractivity contribution in [2.45, 2.75) is 17.9 Å². The number of hydrogen-bond acceptors (Lipinski definition) is 5. The number of hydrogen-bond donors (Lipinski definition) is 1. The van der Waals surface area contributed by atoms with E-state index in [0.29, 0.717) is 17.0 Å². The molecule has 0 aliphatic carbocycles. The van der Waals surface area contributed by atoms with Gasteiger partial charge in [-0.2, -0.15) is 0 Å². The van der Waals surface area contributed by atoms with Crippen LogP contribution < -0.4 is 10.1 Å². The van der Waals surface area contributed by atoms with Crippen molar-refractivity contribution >= 4 is 23.8 Å². The summed E-state index contributed by atoms with van der Waals surface area (Å²) < 4.78 is 24.9. The SMILES string of the molecule is CCOC(=O)C1=C(COc2ccc(SC)cc2)N(C)C(=O)NC1c1cccc(F)c1. The molecule has 3 rings (SSSR count). The zero-order valence-corrected chi connectivity index (χ0v) is 17.8. The number of urea groups is 1. The van der Waals surface area contributed by atoms with Gasteiger partial charge in [-0.1, -0.05) is 12.1 Å². The Morgan fingerprint density at radius 1 is 1.23 bits per heavy atom. The predicted molar refractivity (Wildman–Crippen MR) is 113 cm³/mol. The van der Waals surface area contributed by atoms with Gasteiger partial charge in [0.25, 0.3) is 0 Å². The molecule has 2 aromatic carbocycles. The normalized spacial score (nSPS) is 16.3.